The highest BCUT2D eigenvalue weighted by Crippen LogP contribution is 2.26. The molecule has 0 atom stereocenters. The summed E-state index contributed by atoms with van der Waals surface area (Å²) < 4.78 is 0. The molecule has 110 valence electrons. The minimum atomic E-state index is -1.07. The largest absolute Gasteiger partial charge is 0.478 e. The average Bonchev–Trinajstić information content (AvgIpc) is 2.47. The Balaban J connectivity index is 2.16. The number of non-ortho nitro benzene ring substituents is 1. The molecule has 1 aromatic rings. The molecule has 1 aliphatic rings. The number of hydrogen-bond donors (Lipinski definition) is 2. The van der Waals surface area contributed by atoms with Crippen molar-refractivity contribution in [2.45, 2.75) is 25.7 Å². The number of carbonyl (C=O) groups is 2. The summed E-state index contributed by atoms with van der Waals surface area (Å²) >= 11 is 0. The highest BCUT2D eigenvalue weighted by Gasteiger charge is 2.23. The lowest BCUT2D eigenvalue weighted by Crippen LogP contribution is -2.21. The number of hydrogen-bond acceptors (Lipinski definition) is 4. The lowest BCUT2D eigenvalue weighted by Gasteiger charge is -2.17. The number of nitro benzene ring substituents is 1. The van der Waals surface area contributed by atoms with Crippen LogP contribution in [0.15, 0.2) is 35.4 Å². The number of carboxylic acid groups (broad SMARTS) is 1. The molecule has 0 aromatic heterocycles. The Hall–Kier alpha value is -2.70. The SMILES string of the molecule is O=C(O)C1=C(C(=O)Nc2ccc([N+](=O)[O-])cc2)CCCC1. The number of rotatable bonds is 4. The van der Waals surface area contributed by atoms with E-state index in [1.54, 1.807) is 0 Å². The zero-order valence-corrected chi connectivity index (χ0v) is 11.2. The van der Waals surface area contributed by atoms with Crippen molar-refractivity contribution in [3.8, 4) is 0 Å². The van der Waals surface area contributed by atoms with Crippen LogP contribution < -0.4 is 5.32 Å². The molecule has 2 rings (SSSR count). The molecule has 0 saturated carbocycles. The van der Waals surface area contributed by atoms with Crippen LogP contribution in [0.5, 0.6) is 0 Å². The highest BCUT2D eigenvalue weighted by molar-refractivity contribution is 6.08. The van der Waals surface area contributed by atoms with Crippen molar-refractivity contribution in [3.05, 3.63) is 45.5 Å². The van der Waals surface area contributed by atoms with Crippen LogP contribution >= 0.6 is 0 Å². The van der Waals surface area contributed by atoms with E-state index < -0.39 is 16.8 Å². The van der Waals surface area contributed by atoms with Gasteiger partial charge in [-0.15, -0.1) is 0 Å². The van der Waals surface area contributed by atoms with E-state index in [1.165, 1.54) is 24.3 Å². The first kappa shape index (κ1) is 14.7. The molecule has 2 N–H and O–H groups in total. The number of amides is 1. The molecule has 0 spiro atoms. The summed E-state index contributed by atoms with van der Waals surface area (Å²) in [5, 5.41) is 22.2. The van der Waals surface area contributed by atoms with Gasteiger partial charge in [0.25, 0.3) is 11.6 Å². The second-order valence-electron chi connectivity index (χ2n) is 4.73. The summed E-state index contributed by atoms with van der Waals surface area (Å²) in [7, 11) is 0. The number of aliphatic carboxylic acids is 1. The third kappa shape index (κ3) is 3.44. The maximum Gasteiger partial charge on any atom is 0.332 e. The fourth-order valence-corrected chi connectivity index (χ4v) is 2.26. The molecule has 0 radical (unpaired) electrons. The van der Waals surface area contributed by atoms with Gasteiger partial charge in [-0.2, -0.15) is 0 Å². The van der Waals surface area contributed by atoms with E-state index in [4.69, 9.17) is 5.11 Å². The first-order valence-corrected chi connectivity index (χ1v) is 6.50. The second kappa shape index (κ2) is 6.17. The van der Waals surface area contributed by atoms with E-state index in [9.17, 15) is 19.7 Å². The van der Waals surface area contributed by atoms with Crippen LogP contribution in [0.2, 0.25) is 0 Å². The number of nitrogens with one attached hydrogen (secondary N) is 1. The van der Waals surface area contributed by atoms with Gasteiger partial charge in [0.15, 0.2) is 0 Å². The van der Waals surface area contributed by atoms with E-state index in [-0.39, 0.29) is 16.8 Å². The Morgan fingerprint density at radius 3 is 2.19 bits per heavy atom. The minimum absolute atomic E-state index is 0.0731. The summed E-state index contributed by atoms with van der Waals surface area (Å²) in [5.74, 6) is -1.52. The number of nitro groups is 1. The number of nitrogens with zero attached hydrogens (tertiary/aromatic N) is 1. The number of anilines is 1. The Labute approximate surface area is 120 Å². The molecule has 0 fully saturated rings. The van der Waals surface area contributed by atoms with E-state index in [1.807, 2.05) is 0 Å². The Morgan fingerprint density at radius 1 is 1.10 bits per heavy atom. The first-order chi connectivity index (χ1) is 9.99. The molecule has 7 heteroatoms. The van der Waals surface area contributed by atoms with Gasteiger partial charge in [0, 0.05) is 29.0 Å². The van der Waals surface area contributed by atoms with Crippen LogP contribution in [0.25, 0.3) is 0 Å². The van der Waals surface area contributed by atoms with Gasteiger partial charge in [-0.05, 0) is 37.8 Å². The van der Waals surface area contributed by atoms with Gasteiger partial charge in [-0.3, -0.25) is 14.9 Å². The number of benzene rings is 1. The fourth-order valence-electron chi connectivity index (χ4n) is 2.26. The first-order valence-electron chi connectivity index (χ1n) is 6.50. The Kier molecular flexibility index (Phi) is 4.32. The second-order valence-corrected chi connectivity index (χ2v) is 4.73. The topological polar surface area (TPSA) is 110 Å². The Bertz CT molecular complexity index is 619. The average molecular weight is 290 g/mol. The predicted octanol–water partition coefficient (Wildman–Crippen LogP) is 2.49. The molecule has 0 heterocycles. The molecule has 1 amide bonds. The van der Waals surface area contributed by atoms with Crippen molar-refractivity contribution in [1.82, 2.24) is 0 Å². The van der Waals surface area contributed by atoms with Gasteiger partial charge < -0.3 is 10.4 Å². The predicted molar refractivity (Wildman–Crippen MR) is 74.9 cm³/mol. The third-order valence-electron chi connectivity index (χ3n) is 3.34. The minimum Gasteiger partial charge on any atom is -0.478 e. The van der Waals surface area contributed by atoms with Crippen molar-refractivity contribution < 1.29 is 19.6 Å². The molecule has 0 bridgehead atoms. The molecule has 0 aliphatic heterocycles. The van der Waals surface area contributed by atoms with Crippen molar-refractivity contribution in [2.24, 2.45) is 0 Å². The molecule has 21 heavy (non-hydrogen) atoms. The lowest BCUT2D eigenvalue weighted by molar-refractivity contribution is -0.384. The third-order valence-corrected chi connectivity index (χ3v) is 3.34. The fraction of sp³-hybridized carbons (Fsp3) is 0.286. The zero-order valence-electron chi connectivity index (χ0n) is 11.2. The van der Waals surface area contributed by atoms with Gasteiger partial charge >= 0.3 is 5.97 Å². The zero-order chi connectivity index (χ0) is 15.4. The standard InChI is InChI=1S/C14H14N2O5/c17-13(11-3-1-2-4-12(11)14(18)19)15-9-5-7-10(8-6-9)16(20)21/h5-8H,1-4H2,(H,15,17)(H,18,19). The summed E-state index contributed by atoms with van der Waals surface area (Å²) in [6.07, 6.45) is 2.36. The molecular formula is C14H14N2O5. The van der Waals surface area contributed by atoms with Crippen molar-refractivity contribution in [1.29, 1.82) is 0 Å². The molecule has 7 nitrogen and oxygen atoms in total. The molecule has 1 aromatic carbocycles. The van der Waals surface area contributed by atoms with E-state index in [0.29, 0.717) is 18.5 Å². The number of carbonyl (C=O) groups excluding carboxylic acids is 1. The summed E-state index contributed by atoms with van der Waals surface area (Å²) in [4.78, 5) is 33.3. The summed E-state index contributed by atoms with van der Waals surface area (Å²) in [5.41, 5.74) is 0.761. The van der Waals surface area contributed by atoms with Gasteiger partial charge in [-0.25, -0.2) is 4.79 Å². The molecule has 0 unspecified atom stereocenters. The highest BCUT2D eigenvalue weighted by atomic mass is 16.6. The van der Waals surface area contributed by atoms with E-state index in [2.05, 4.69) is 5.32 Å². The van der Waals surface area contributed by atoms with Crippen LogP contribution in [0.4, 0.5) is 11.4 Å². The lowest BCUT2D eigenvalue weighted by atomic mass is 9.91. The summed E-state index contributed by atoms with van der Waals surface area (Å²) in [6.45, 7) is 0. The van der Waals surface area contributed by atoms with Crippen LogP contribution in [0.1, 0.15) is 25.7 Å². The maximum absolute atomic E-state index is 12.1. The van der Waals surface area contributed by atoms with Crippen molar-refractivity contribution >= 4 is 23.3 Å². The van der Waals surface area contributed by atoms with Gasteiger partial charge in [-0.1, -0.05) is 0 Å². The number of carboxylic acids is 1. The van der Waals surface area contributed by atoms with Crippen molar-refractivity contribution in [3.63, 3.8) is 0 Å². The van der Waals surface area contributed by atoms with Crippen LogP contribution in [-0.2, 0) is 9.59 Å². The molecule has 0 saturated heterocycles. The normalized spacial score (nSPS) is 14.7. The van der Waals surface area contributed by atoms with E-state index in [0.717, 1.165) is 12.8 Å². The van der Waals surface area contributed by atoms with Crippen molar-refractivity contribution in [2.75, 3.05) is 5.32 Å². The quantitative estimate of drug-likeness (QED) is 0.654. The smallest absolute Gasteiger partial charge is 0.332 e. The molecular weight excluding hydrogens is 276 g/mol. The van der Waals surface area contributed by atoms with Gasteiger partial charge in [0.2, 0.25) is 0 Å². The Morgan fingerprint density at radius 2 is 1.67 bits per heavy atom. The maximum atomic E-state index is 12.1. The van der Waals surface area contributed by atoms with Crippen LogP contribution in [0.3, 0.4) is 0 Å². The molecule has 1 aliphatic carbocycles. The van der Waals surface area contributed by atoms with Crippen LogP contribution in [0, 0.1) is 10.1 Å². The van der Waals surface area contributed by atoms with Gasteiger partial charge in [0.05, 0.1) is 4.92 Å². The van der Waals surface area contributed by atoms with Crippen LogP contribution in [-0.4, -0.2) is 21.9 Å². The van der Waals surface area contributed by atoms with E-state index >= 15 is 0 Å². The summed E-state index contributed by atoms with van der Waals surface area (Å²) in [6, 6.07) is 5.39. The van der Waals surface area contributed by atoms with Gasteiger partial charge in [0.1, 0.15) is 0 Å². The monoisotopic (exact) mass is 290 g/mol.